The molecular weight excluding hydrogens is 112 g/mol. The monoisotopic (exact) mass is 128 g/mol. The highest BCUT2D eigenvalue weighted by molar-refractivity contribution is 4.77. The van der Waals surface area contributed by atoms with Crippen LogP contribution in [0.1, 0.15) is 19.8 Å². The van der Waals surface area contributed by atoms with Crippen LogP contribution < -0.4 is 11.1 Å². The van der Waals surface area contributed by atoms with Gasteiger partial charge in [-0.2, -0.15) is 0 Å². The second-order valence-electron chi connectivity index (χ2n) is 2.88. The Balaban J connectivity index is 2.30. The van der Waals surface area contributed by atoms with Crippen LogP contribution in [0.15, 0.2) is 0 Å². The number of rotatable bonds is 1. The Labute approximate surface area is 56.8 Å². The first-order valence-corrected chi connectivity index (χ1v) is 3.78. The molecule has 2 atom stereocenters. The highest BCUT2D eigenvalue weighted by Gasteiger charge is 2.18. The highest BCUT2D eigenvalue weighted by Crippen LogP contribution is 2.13. The van der Waals surface area contributed by atoms with Crippen molar-refractivity contribution in [2.75, 3.05) is 13.1 Å². The third kappa shape index (κ3) is 1.66. The zero-order valence-corrected chi connectivity index (χ0v) is 6.06. The van der Waals surface area contributed by atoms with Gasteiger partial charge < -0.3 is 11.1 Å². The molecule has 2 nitrogen and oxygen atoms in total. The number of nitrogens with one attached hydrogen (secondary N) is 1. The summed E-state index contributed by atoms with van der Waals surface area (Å²) in [6, 6.07) is 0.642. The predicted molar refractivity (Wildman–Crippen MR) is 39.2 cm³/mol. The summed E-state index contributed by atoms with van der Waals surface area (Å²) in [7, 11) is 0. The predicted octanol–water partition coefficient (Wildman–Crippen LogP) is 0.333. The second kappa shape index (κ2) is 3.18. The molecule has 1 saturated heterocycles. The van der Waals surface area contributed by atoms with Crippen molar-refractivity contribution in [1.82, 2.24) is 5.32 Å². The SMILES string of the molecule is C[C@@H]1NCCC[C@H]1CN. The van der Waals surface area contributed by atoms with Crippen molar-refractivity contribution in [3.05, 3.63) is 0 Å². The third-order valence-corrected chi connectivity index (χ3v) is 2.23. The fourth-order valence-corrected chi connectivity index (χ4v) is 1.43. The second-order valence-corrected chi connectivity index (χ2v) is 2.88. The van der Waals surface area contributed by atoms with E-state index in [4.69, 9.17) is 5.73 Å². The summed E-state index contributed by atoms with van der Waals surface area (Å²) in [4.78, 5) is 0. The molecule has 0 aliphatic carbocycles. The number of hydrogen-bond acceptors (Lipinski definition) is 2. The Kier molecular flexibility index (Phi) is 2.49. The van der Waals surface area contributed by atoms with Gasteiger partial charge in [0.2, 0.25) is 0 Å². The maximum Gasteiger partial charge on any atom is 0.00790 e. The molecular formula is C7H16N2. The molecule has 0 aromatic heterocycles. The van der Waals surface area contributed by atoms with Crippen molar-refractivity contribution < 1.29 is 0 Å². The van der Waals surface area contributed by atoms with Crippen LogP contribution in [0.25, 0.3) is 0 Å². The van der Waals surface area contributed by atoms with Gasteiger partial charge in [0.05, 0.1) is 0 Å². The topological polar surface area (TPSA) is 38.0 Å². The van der Waals surface area contributed by atoms with E-state index in [1.165, 1.54) is 19.4 Å². The van der Waals surface area contributed by atoms with Crippen LogP contribution in [0, 0.1) is 5.92 Å². The lowest BCUT2D eigenvalue weighted by Gasteiger charge is -2.28. The van der Waals surface area contributed by atoms with Gasteiger partial charge in [0.25, 0.3) is 0 Å². The average Bonchev–Trinajstić information content (AvgIpc) is 1.89. The van der Waals surface area contributed by atoms with Crippen molar-refractivity contribution in [3.8, 4) is 0 Å². The Morgan fingerprint density at radius 1 is 1.67 bits per heavy atom. The Morgan fingerprint density at radius 3 is 2.89 bits per heavy atom. The molecule has 1 aliphatic rings. The zero-order valence-electron chi connectivity index (χ0n) is 6.06. The highest BCUT2D eigenvalue weighted by atomic mass is 14.9. The molecule has 1 rings (SSSR count). The van der Waals surface area contributed by atoms with E-state index in [0.717, 1.165) is 12.5 Å². The van der Waals surface area contributed by atoms with Crippen LogP contribution in [0.2, 0.25) is 0 Å². The van der Waals surface area contributed by atoms with Crippen LogP contribution in [0.3, 0.4) is 0 Å². The Hall–Kier alpha value is -0.0800. The van der Waals surface area contributed by atoms with Crippen molar-refractivity contribution in [2.45, 2.75) is 25.8 Å². The number of nitrogens with two attached hydrogens (primary N) is 1. The molecule has 0 aromatic carbocycles. The fraction of sp³-hybridized carbons (Fsp3) is 1.00. The average molecular weight is 128 g/mol. The maximum absolute atomic E-state index is 5.55. The van der Waals surface area contributed by atoms with Crippen LogP contribution in [-0.2, 0) is 0 Å². The van der Waals surface area contributed by atoms with Crippen molar-refractivity contribution >= 4 is 0 Å². The summed E-state index contributed by atoms with van der Waals surface area (Å²) >= 11 is 0. The molecule has 3 N–H and O–H groups in total. The lowest BCUT2D eigenvalue weighted by Crippen LogP contribution is -2.42. The van der Waals surface area contributed by atoms with Crippen LogP contribution in [0.5, 0.6) is 0 Å². The smallest absolute Gasteiger partial charge is 0.00790 e. The van der Waals surface area contributed by atoms with Crippen LogP contribution in [0.4, 0.5) is 0 Å². The van der Waals surface area contributed by atoms with E-state index in [1.54, 1.807) is 0 Å². The number of hydrogen-bond donors (Lipinski definition) is 2. The molecule has 54 valence electrons. The van der Waals surface area contributed by atoms with Gasteiger partial charge in [-0.25, -0.2) is 0 Å². The minimum Gasteiger partial charge on any atom is -0.330 e. The van der Waals surface area contributed by atoms with Gasteiger partial charge in [0.1, 0.15) is 0 Å². The van der Waals surface area contributed by atoms with E-state index in [2.05, 4.69) is 12.2 Å². The normalized spacial score (nSPS) is 36.7. The van der Waals surface area contributed by atoms with E-state index in [9.17, 15) is 0 Å². The van der Waals surface area contributed by atoms with Crippen molar-refractivity contribution in [2.24, 2.45) is 11.7 Å². The van der Waals surface area contributed by atoms with Gasteiger partial charge in [-0.3, -0.25) is 0 Å². The van der Waals surface area contributed by atoms with Crippen LogP contribution >= 0.6 is 0 Å². The van der Waals surface area contributed by atoms with Crippen molar-refractivity contribution in [3.63, 3.8) is 0 Å². The zero-order chi connectivity index (χ0) is 6.69. The molecule has 0 radical (unpaired) electrons. The first-order chi connectivity index (χ1) is 4.34. The Bertz CT molecular complexity index is 83.0. The maximum atomic E-state index is 5.55. The molecule has 2 heteroatoms. The minimum absolute atomic E-state index is 0.642. The van der Waals surface area contributed by atoms with Gasteiger partial charge in [-0.15, -0.1) is 0 Å². The van der Waals surface area contributed by atoms with Gasteiger partial charge in [0, 0.05) is 6.04 Å². The molecule has 1 fully saturated rings. The molecule has 0 unspecified atom stereocenters. The largest absolute Gasteiger partial charge is 0.330 e. The first kappa shape index (κ1) is 7.03. The lowest BCUT2D eigenvalue weighted by atomic mass is 9.92. The van der Waals surface area contributed by atoms with Gasteiger partial charge in [-0.1, -0.05) is 0 Å². The summed E-state index contributed by atoms with van der Waals surface area (Å²) in [5.41, 5.74) is 5.55. The molecule has 0 spiro atoms. The summed E-state index contributed by atoms with van der Waals surface area (Å²) in [6.45, 7) is 4.24. The van der Waals surface area contributed by atoms with E-state index in [1.807, 2.05) is 0 Å². The van der Waals surface area contributed by atoms with Gasteiger partial charge in [0.15, 0.2) is 0 Å². The van der Waals surface area contributed by atoms with Gasteiger partial charge >= 0.3 is 0 Å². The molecule has 0 saturated carbocycles. The summed E-state index contributed by atoms with van der Waals surface area (Å²) in [5, 5.41) is 3.40. The van der Waals surface area contributed by atoms with E-state index in [0.29, 0.717) is 6.04 Å². The van der Waals surface area contributed by atoms with E-state index < -0.39 is 0 Å². The fourth-order valence-electron chi connectivity index (χ4n) is 1.43. The number of piperidine rings is 1. The summed E-state index contributed by atoms with van der Waals surface area (Å²) in [6.07, 6.45) is 2.61. The molecule has 1 heterocycles. The third-order valence-electron chi connectivity index (χ3n) is 2.23. The van der Waals surface area contributed by atoms with Crippen molar-refractivity contribution in [1.29, 1.82) is 0 Å². The molecule has 0 amide bonds. The first-order valence-electron chi connectivity index (χ1n) is 3.78. The molecule has 9 heavy (non-hydrogen) atoms. The Morgan fingerprint density at radius 2 is 2.44 bits per heavy atom. The molecule has 1 aliphatic heterocycles. The molecule has 0 aromatic rings. The lowest BCUT2D eigenvalue weighted by molar-refractivity contribution is 0.304. The molecule has 0 bridgehead atoms. The van der Waals surface area contributed by atoms with E-state index in [-0.39, 0.29) is 0 Å². The van der Waals surface area contributed by atoms with Gasteiger partial charge in [-0.05, 0) is 38.8 Å². The summed E-state index contributed by atoms with van der Waals surface area (Å²) < 4.78 is 0. The standard InChI is InChI=1S/C7H16N2/c1-6-7(5-8)3-2-4-9-6/h6-7,9H,2-5,8H2,1H3/t6-,7-/m0/s1. The van der Waals surface area contributed by atoms with E-state index >= 15 is 0 Å². The minimum atomic E-state index is 0.642. The van der Waals surface area contributed by atoms with Crippen LogP contribution in [-0.4, -0.2) is 19.1 Å². The quantitative estimate of drug-likeness (QED) is 0.534. The summed E-state index contributed by atoms with van der Waals surface area (Å²) in [5.74, 6) is 0.721.